The van der Waals surface area contributed by atoms with Crippen molar-refractivity contribution < 1.29 is 0 Å². The van der Waals surface area contributed by atoms with Crippen LogP contribution in [-0.4, -0.2) is 31.2 Å². The monoisotopic (exact) mass is 236 g/mol. The summed E-state index contributed by atoms with van der Waals surface area (Å²) in [6.45, 7) is 3.71. The van der Waals surface area contributed by atoms with Crippen molar-refractivity contribution in [1.29, 1.82) is 0 Å². The average Bonchev–Trinajstić information content (AvgIpc) is 2.87. The van der Waals surface area contributed by atoms with E-state index in [0.29, 0.717) is 5.13 Å². The fourth-order valence-corrected chi connectivity index (χ4v) is 2.59. The van der Waals surface area contributed by atoms with Crippen molar-refractivity contribution in [1.82, 2.24) is 24.6 Å². The molecule has 16 heavy (non-hydrogen) atoms. The molecule has 2 N–H and O–H groups in total. The fraction of sp³-hybridized carbons (Fsp3) is 0.444. The lowest BCUT2D eigenvalue weighted by Crippen LogP contribution is -2.32. The first kappa shape index (κ1) is 9.73. The minimum absolute atomic E-state index is 0.634. The van der Waals surface area contributed by atoms with Gasteiger partial charge in [0, 0.05) is 30.7 Å². The lowest BCUT2D eigenvalue weighted by Gasteiger charge is -2.25. The van der Waals surface area contributed by atoms with Crippen LogP contribution in [0.3, 0.4) is 0 Å². The van der Waals surface area contributed by atoms with Crippen molar-refractivity contribution in [3.8, 4) is 0 Å². The van der Waals surface area contributed by atoms with Gasteiger partial charge < -0.3 is 10.3 Å². The molecule has 0 radical (unpaired) electrons. The number of fused-ring (bicyclic) bond motifs is 1. The molecule has 7 heteroatoms. The smallest absolute Gasteiger partial charge is 0.180 e. The zero-order valence-corrected chi connectivity index (χ0v) is 9.52. The molecule has 84 valence electrons. The molecule has 0 saturated heterocycles. The van der Waals surface area contributed by atoms with Crippen LogP contribution in [0.25, 0.3) is 0 Å². The van der Waals surface area contributed by atoms with Crippen LogP contribution >= 0.6 is 11.3 Å². The van der Waals surface area contributed by atoms with Gasteiger partial charge in [0.05, 0.1) is 6.54 Å². The van der Waals surface area contributed by atoms with Crippen molar-refractivity contribution in [2.24, 2.45) is 0 Å². The molecule has 0 atom stereocenters. The van der Waals surface area contributed by atoms with Crippen LogP contribution in [-0.2, 0) is 19.6 Å². The summed E-state index contributed by atoms with van der Waals surface area (Å²) in [6.07, 6.45) is 3.64. The Morgan fingerprint density at radius 1 is 1.44 bits per heavy atom. The first-order valence-electron chi connectivity index (χ1n) is 5.10. The Hall–Kier alpha value is -1.47. The summed E-state index contributed by atoms with van der Waals surface area (Å²) in [6, 6.07) is 0. The summed E-state index contributed by atoms with van der Waals surface area (Å²) in [7, 11) is 0. The van der Waals surface area contributed by atoms with E-state index in [2.05, 4.69) is 24.6 Å². The first-order valence-corrected chi connectivity index (χ1v) is 5.92. The van der Waals surface area contributed by atoms with Gasteiger partial charge in [-0.2, -0.15) is 0 Å². The summed E-state index contributed by atoms with van der Waals surface area (Å²) >= 11 is 1.55. The Morgan fingerprint density at radius 3 is 3.19 bits per heavy atom. The molecule has 6 nitrogen and oxygen atoms in total. The van der Waals surface area contributed by atoms with Crippen LogP contribution in [0.5, 0.6) is 0 Å². The number of rotatable bonds is 2. The predicted octanol–water partition coefficient (Wildman–Crippen LogP) is 0.333. The molecule has 0 bridgehead atoms. The van der Waals surface area contributed by atoms with Crippen LogP contribution < -0.4 is 5.73 Å². The fourth-order valence-electron chi connectivity index (χ4n) is 1.87. The van der Waals surface area contributed by atoms with Crippen molar-refractivity contribution in [3.63, 3.8) is 0 Å². The van der Waals surface area contributed by atoms with E-state index in [1.165, 1.54) is 4.88 Å². The molecule has 3 heterocycles. The molecule has 0 amide bonds. The van der Waals surface area contributed by atoms with E-state index in [1.54, 1.807) is 17.7 Å². The largest absolute Gasteiger partial charge is 0.375 e. The van der Waals surface area contributed by atoms with E-state index in [0.717, 1.165) is 32.0 Å². The van der Waals surface area contributed by atoms with Gasteiger partial charge in [-0.15, -0.1) is 21.5 Å². The second-order valence-electron chi connectivity index (χ2n) is 3.82. The second kappa shape index (κ2) is 3.84. The lowest BCUT2D eigenvalue weighted by molar-refractivity contribution is 0.210. The van der Waals surface area contributed by atoms with Crippen LogP contribution in [0.4, 0.5) is 5.13 Å². The maximum atomic E-state index is 5.61. The highest BCUT2D eigenvalue weighted by molar-refractivity contribution is 7.15. The van der Waals surface area contributed by atoms with Gasteiger partial charge in [-0.3, -0.25) is 4.90 Å². The highest BCUT2D eigenvalue weighted by Gasteiger charge is 2.17. The average molecular weight is 236 g/mol. The van der Waals surface area contributed by atoms with E-state index < -0.39 is 0 Å². The maximum absolute atomic E-state index is 5.61. The number of hydrogen-bond acceptors (Lipinski definition) is 6. The Balaban J connectivity index is 1.70. The standard InChI is InChI=1S/C9H12N6S/c10-9-11-3-7(16-9)4-14-1-2-15-6-12-13-8(15)5-14/h3,6H,1-2,4-5H2,(H2,10,11). The number of anilines is 1. The van der Waals surface area contributed by atoms with Crippen molar-refractivity contribution in [2.75, 3.05) is 12.3 Å². The summed E-state index contributed by atoms with van der Waals surface area (Å²) < 4.78 is 2.09. The second-order valence-corrected chi connectivity index (χ2v) is 4.96. The minimum Gasteiger partial charge on any atom is -0.375 e. The molecule has 1 aliphatic heterocycles. The normalized spacial score (nSPS) is 16.2. The van der Waals surface area contributed by atoms with Gasteiger partial charge in [0.2, 0.25) is 0 Å². The van der Waals surface area contributed by atoms with Gasteiger partial charge in [-0.05, 0) is 0 Å². The SMILES string of the molecule is Nc1ncc(CN2CCn3cnnc3C2)s1. The number of nitrogen functional groups attached to an aromatic ring is 1. The van der Waals surface area contributed by atoms with Crippen molar-refractivity contribution in [2.45, 2.75) is 19.6 Å². The minimum atomic E-state index is 0.634. The number of nitrogens with two attached hydrogens (primary N) is 1. The van der Waals surface area contributed by atoms with E-state index in [-0.39, 0.29) is 0 Å². The number of hydrogen-bond donors (Lipinski definition) is 1. The quantitative estimate of drug-likeness (QED) is 0.813. The van der Waals surface area contributed by atoms with Crippen LogP contribution in [0.15, 0.2) is 12.5 Å². The number of nitrogens with zero attached hydrogens (tertiary/aromatic N) is 5. The summed E-state index contributed by atoms with van der Waals surface area (Å²) in [5.74, 6) is 1.03. The maximum Gasteiger partial charge on any atom is 0.180 e. The van der Waals surface area contributed by atoms with Crippen LogP contribution in [0.2, 0.25) is 0 Å². The molecule has 3 rings (SSSR count). The van der Waals surface area contributed by atoms with Gasteiger partial charge in [-0.25, -0.2) is 4.98 Å². The molecule has 1 aliphatic rings. The Morgan fingerprint density at radius 2 is 2.38 bits per heavy atom. The molecular formula is C9H12N6S. The Labute approximate surface area is 96.7 Å². The molecule has 0 saturated carbocycles. The summed E-state index contributed by atoms with van der Waals surface area (Å²) in [5, 5.41) is 8.63. The molecule has 0 unspecified atom stereocenters. The van der Waals surface area contributed by atoms with Gasteiger partial charge in [0.1, 0.15) is 12.2 Å². The van der Waals surface area contributed by atoms with Crippen LogP contribution in [0.1, 0.15) is 10.7 Å². The van der Waals surface area contributed by atoms with E-state index in [9.17, 15) is 0 Å². The van der Waals surface area contributed by atoms with E-state index in [4.69, 9.17) is 5.73 Å². The number of thiazole rings is 1. The van der Waals surface area contributed by atoms with Gasteiger partial charge in [0.15, 0.2) is 5.13 Å². The third-order valence-corrected chi connectivity index (χ3v) is 3.48. The van der Waals surface area contributed by atoms with Crippen LogP contribution in [0, 0.1) is 0 Å². The molecule has 0 spiro atoms. The Bertz CT molecular complexity index is 490. The third kappa shape index (κ3) is 1.79. The van der Waals surface area contributed by atoms with Gasteiger partial charge in [-0.1, -0.05) is 0 Å². The number of aromatic nitrogens is 4. The zero-order chi connectivity index (χ0) is 11.0. The topological polar surface area (TPSA) is 72.9 Å². The lowest BCUT2D eigenvalue weighted by atomic mass is 10.3. The zero-order valence-electron chi connectivity index (χ0n) is 8.70. The molecular weight excluding hydrogens is 224 g/mol. The van der Waals surface area contributed by atoms with E-state index >= 15 is 0 Å². The summed E-state index contributed by atoms with van der Waals surface area (Å²) in [5.41, 5.74) is 5.61. The van der Waals surface area contributed by atoms with Crippen molar-refractivity contribution in [3.05, 3.63) is 23.2 Å². The third-order valence-electron chi connectivity index (χ3n) is 2.67. The molecule has 0 aliphatic carbocycles. The first-order chi connectivity index (χ1) is 7.81. The van der Waals surface area contributed by atoms with Gasteiger partial charge in [0.25, 0.3) is 0 Å². The highest BCUT2D eigenvalue weighted by Crippen LogP contribution is 2.19. The molecule has 2 aromatic rings. The van der Waals surface area contributed by atoms with Crippen molar-refractivity contribution >= 4 is 16.5 Å². The highest BCUT2D eigenvalue weighted by atomic mass is 32.1. The molecule has 2 aromatic heterocycles. The van der Waals surface area contributed by atoms with Gasteiger partial charge >= 0.3 is 0 Å². The predicted molar refractivity (Wildman–Crippen MR) is 60.7 cm³/mol. The summed E-state index contributed by atoms with van der Waals surface area (Å²) in [4.78, 5) is 7.58. The van der Waals surface area contributed by atoms with E-state index in [1.807, 2.05) is 6.20 Å². The molecule has 0 fully saturated rings. The Kier molecular flexibility index (Phi) is 2.33. The molecule has 0 aromatic carbocycles.